The zero-order chi connectivity index (χ0) is 31.7. The van der Waals surface area contributed by atoms with E-state index in [4.69, 9.17) is 20.8 Å². The molecule has 6 rings (SSSR count). The molecule has 2 atom stereocenters. The second-order valence-corrected chi connectivity index (χ2v) is 11.0. The number of halogens is 3. The summed E-state index contributed by atoms with van der Waals surface area (Å²) in [6.07, 6.45) is 5.85. The van der Waals surface area contributed by atoms with Crippen molar-refractivity contribution >= 4 is 23.2 Å². The Kier molecular flexibility index (Phi) is 8.44. The lowest BCUT2D eigenvalue weighted by Crippen LogP contribution is -2.22. The highest BCUT2D eigenvalue weighted by Gasteiger charge is 2.27. The SMILES string of the molecule is CCOc1cn(-c2ccc(Cl)cc2-c2ccc([C@H]3CCC[C@@H](C)C(=O)Nc4cnn(C(F)F)c4-c4ccnc3c4)c(=O)o2)nn1. The number of nitrogens with zero attached hydrogens (tertiary/aromatic N) is 6. The Morgan fingerprint density at radius 2 is 2.00 bits per heavy atom. The van der Waals surface area contributed by atoms with Gasteiger partial charge in [0, 0.05) is 45.4 Å². The number of benzene rings is 1. The first-order chi connectivity index (χ1) is 21.7. The first kappa shape index (κ1) is 30.1. The van der Waals surface area contributed by atoms with Crippen LogP contribution in [0.5, 0.6) is 5.88 Å². The number of alkyl halides is 2. The van der Waals surface area contributed by atoms with Gasteiger partial charge >= 0.3 is 12.2 Å². The van der Waals surface area contributed by atoms with Crippen LogP contribution in [0.25, 0.3) is 28.3 Å². The van der Waals surface area contributed by atoms with E-state index in [2.05, 4.69) is 25.7 Å². The van der Waals surface area contributed by atoms with Gasteiger partial charge in [-0.25, -0.2) is 14.2 Å². The van der Waals surface area contributed by atoms with Crippen molar-refractivity contribution in [2.24, 2.45) is 5.92 Å². The maximum Gasteiger partial charge on any atom is 0.340 e. The number of anilines is 1. The zero-order valence-corrected chi connectivity index (χ0v) is 25.0. The maximum atomic E-state index is 13.9. The number of ether oxygens (including phenoxy) is 1. The Balaban J connectivity index is 1.43. The molecule has 232 valence electrons. The number of pyridine rings is 1. The normalized spacial score (nSPS) is 16.9. The van der Waals surface area contributed by atoms with Crippen molar-refractivity contribution in [1.29, 1.82) is 0 Å². The average molecular weight is 636 g/mol. The number of nitrogens with one attached hydrogen (secondary N) is 1. The minimum absolute atomic E-state index is 0.0463. The molecule has 14 heteroatoms. The fourth-order valence-electron chi connectivity index (χ4n) is 5.47. The minimum atomic E-state index is -2.94. The van der Waals surface area contributed by atoms with Gasteiger partial charge in [-0.15, -0.1) is 0 Å². The first-order valence-corrected chi connectivity index (χ1v) is 14.7. The highest BCUT2D eigenvalue weighted by molar-refractivity contribution is 6.31. The van der Waals surface area contributed by atoms with Gasteiger partial charge in [0.25, 0.3) is 5.88 Å². The molecule has 0 fully saturated rings. The second kappa shape index (κ2) is 12.6. The Morgan fingerprint density at radius 1 is 1.16 bits per heavy atom. The Labute approximate surface area is 260 Å². The molecule has 1 aromatic carbocycles. The van der Waals surface area contributed by atoms with Gasteiger partial charge in [-0.3, -0.25) is 9.78 Å². The summed E-state index contributed by atoms with van der Waals surface area (Å²) in [5.41, 5.74) is 1.89. The van der Waals surface area contributed by atoms with Crippen LogP contribution >= 0.6 is 11.6 Å². The Morgan fingerprint density at radius 3 is 2.78 bits per heavy atom. The van der Waals surface area contributed by atoms with Crippen molar-refractivity contribution in [1.82, 2.24) is 29.8 Å². The molecule has 0 aliphatic carbocycles. The van der Waals surface area contributed by atoms with Crippen molar-refractivity contribution in [3.63, 3.8) is 0 Å². The smallest absolute Gasteiger partial charge is 0.340 e. The van der Waals surface area contributed by atoms with Gasteiger partial charge < -0.3 is 14.5 Å². The van der Waals surface area contributed by atoms with E-state index >= 15 is 0 Å². The van der Waals surface area contributed by atoms with Crippen molar-refractivity contribution in [3.05, 3.63) is 87.8 Å². The van der Waals surface area contributed by atoms with Gasteiger partial charge in [0.1, 0.15) is 5.76 Å². The zero-order valence-electron chi connectivity index (χ0n) is 24.3. The van der Waals surface area contributed by atoms with E-state index in [1.165, 1.54) is 17.1 Å². The molecule has 45 heavy (non-hydrogen) atoms. The van der Waals surface area contributed by atoms with Crippen molar-refractivity contribution in [2.75, 3.05) is 11.9 Å². The summed E-state index contributed by atoms with van der Waals surface area (Å²) in [6.45, 7) is 1.08. The number of aromatic nitrogens is 6. The van der Waals surface area contributed by atoms with Crippen LogP contribution in [0.4, 0.5) is 14.5 Å². The standard InChI is InChI=1S/C31H28ClF2N7O4/c1-3-44-27-16-40(39-38-27)25-9-7-19(32)14-22(25)26-10-8-21(30(43)45-26)20-6-4-5-17(2)29(42)37-24-15-36-41(31(33)34)28(24)18-11-12-35-23(20)13-18/h7-17,20,31H,3-6H2,1-2H3,(H,37,42)/t17-,20-/m1/s1. The largest absolute Gasteiger partial charge is 0.476 e. The summed E-state index contributed by atoms with van der Waals surface area (Å²) in [5.74, 6) is -0.680. The number of rotatable bonds is 6. The lowest BCUT2D eigenvalue weighted by Gasteiger charge is -2.20. The van der Waals surface area contributed by atoms with E-state index in [1.54, 1.807) is 55.6 Å². The average Bonchev–Trinajstić information content (AvgIpc) is 3.67. The number of fused-ring (bicyclic) bond motifs is 4. The number of carbonyl (C=O) groups excluding carboxylic acids is 1. The van der Waals surface area contributed by atoms with E-state index < -0.39 is 24.0 Å². The topological polar surface area (TPSA) is 130 Å². The molecule has 1 N–H and O–H groups in total. The van der Waals surface area contributed by atoms with Crippen molar-refractivity contribution < 1.29 is 22.7 Å². The van der Waals surface area contributed by atoms with Crippen molar-refractivity contribution in [2.45, 2.75) is 45.6 Å². The third-order valence-electron chi connectivity index (χ3n) is 7.69. The number of hydrogen-bond acceptors (Lipinski definition) is 8. The fourth-order valence-corrected chi connectivity index (χ4v) is 5.64. The summed E-state index contributed by atoms with van der Waals surface area (Å²) in [6, 6.07) is 11.6. The van der Waals surface area contributed by atoms with Gasteiger partial charge in [0.15, 0.2) is 0 Å². The van der Waals surface area contributed by atoms with Crippen LogP contribution in [0, 0.1) is 5.92 Å². The Hall–Kier alpha value is -4.91. The first-order valence-electron chi connectivity index (χ1n) is 14.4. The van der Waals surface area contributed by atoms with E-state index in [-0.39, 0.29) is 23.0 Å². The quantitative estimate of drug-likeness (QED) is 0.224. The van der Waals surface area contributed by atoms with Gasteiger partial charge in [-0.05, 0) is 62.2 Å². The predicted octanol–water partition coefficient (Wildman–Crippen LogP) is 6.48. The predicted molar refractivity (Wildman–Crippen MR) is 162 cm³/mol. The van der Waals surface area contributed by atoms with Gasteiger partial charge in [-0.1, -0.05) is 35.3 Å². The van der Waals surface area contributed by atoms with Crippen molar-refractivity contribution in [3.8, 4) is 34.1 Å². The summed E-state index contributed by atoms with van der Waals surface area (Å²) < 4.78 is 41.3. The third-order valence-corrected chi connectivity index (χ3v) is 7.93. The molecule has 0 radical (unpaired) electrons. The summed E-state index contributed by atoms with van der Waals surface area (Å²) in [7, 11) is 0. The van der Waals surface area contributed by atoms with Gasteiger partial charge in [0.2, 0.25) is 5.91 Å². The maximum absolute atomic E-state index is 13.9. The lowest BCUT2D eigenvalue weighted by atomic mass is 9.88. The monoisotopic (exact) mass is 635 g/mol. The van der Waals surface area contributed by atoms with Crippen LogP contribution in [-0.4, -0.2) is 42.3 Å². The van der Waals surface area contributed by atoms with E-state index in [1.807, 2.05) is 6.92 Å². The molecule has 5 heterocycles. The fraction of sp³-hybridized carbons (Fsp3) is 0.290. The number of hydrogen-bond donors (Lipinski definition) is 1. The van der Waals surface area contributed by atoms with E-state index in [0.29, 0.717) is 69.5 Å². The van der Waals surface area contributed by atoms with Gasteiger partial charge in [0.05, 0.1) is 36.1 Å². The van der Waals surface area contributed by atoms with Gasteiger partial charge in [-0.2, -0.15) is 13.9 Å². The molecule has 1 aliphatic rings. The molecule has 5 aromatic rings. The molecule has 1 aliphatic heterocycles. The molecule has 0 saturated carbocycles. The Bertz CT molecular complexity index is 1920. The molecular formula is C31H28ClF2N7O4. The molecule has 1 amide bonds. The molecule has 2 bridgehead atoms. The van der Waals surface area contributed by atoms with E-state index in [9.17, 15) is 18.4 Å². The number of amides is 1. The van der Waals surface area contributed by atoms with Crippen LogP contribution in [0.15, 0.2) is 70.3 Å². The number of carbonyl (C=O) groups is 1. The van der Waals surface area contributed by atoms with Crippen LogP contribution in [0.3, 0.4) is 0 Å². The summed E-state index contributed by atoms with van der Waals surface area (Å²) in [4.78, 5) is 31.1. The van der Waals surface area contributed by atoms with Crippen LogP contribution in [0.2, 0.25) is 5.02 Å². The summed E-state index contributed by atoms with van der Waals surface area (Å²) >= 11 is 6.33. The highest BCUT2D eigenvalue weighted by atomic mass is 35.5. The third kappa shape index (κ3) is 6.07. The molecule has 11 nitrogen and oxygen atoms in total. The lowest BCUT2D eigenvalue weighted by molar-refractivity contribution is -0.119. The molecule has 0 saturated heterocycles. The van der Waals surface area contributed by atoms with Crippen LogP contribution in [-0.2, 0) is 4.79 Å². The molecule has 0 unspecified atom stereocenters. The second-order valence-electron chi connectivity index (χ2n) is 10.6. The van der Waals surface area contributed by atoms with Crippen LogP contribution in [0.1, 0.15) is 56.8 Å². The van der Waals surface area contributed by atoms with Crippen LogP contribution < -0.4 is 15.7 Å². The van der Waals surface area contributed by atoms with E-state index in [0.717, 1.165) is 0 Å². The molecule has 0 spiro atoms. The molecule has 4 aromatic heterocycles. The summed E-state index contributed by atoms with van der Waals surface area (Å²) in [5, 5.41) is 15.1. The highest BCUT2D eigenvalue weighted by Crippen LogP contribution is 2.37. The molecular weight excluding hydrogens is 608 g/mol. The minimum Gasteiger partial charge on any atom is -0.476 e.